The first-order valence-electron chi connectivity index (χ1n) is 3.12. The van der Waals surface area contributed by atoms with Crippen LogP contribution in [-0.2, 0) is 18.2 Å². The van der Waals surface area contributed by atoms with Crippen LogP contribution in [0.2, 0.25) is 0 Å². The smallest absolute Gasteiger partial charge is 0.382 e. The Morgan fingerprint density at radius 3 is 1.42 bits per heavy atom. The van der Waals surface area contributed by atoms with Gasteiger partial charge in [-0.25, -0.2) is 0 Å². The van der Waals surface area contributed by atoms with Crippen molar-refractivity contribution in [3.8, 4) is 0 Å². The first kappa shape index (κ1) is 14.6. The van der Waals surface area contributed by atoms with Gasteiger partial charge in [0.1, 0.15) is 0 Å². The van der Waals surface area contributed by atoms with Crippen LogP contribution in [0.5, 0.6) is 0 Å². The summed E-state index contributed by atoms with van der Waals surface area (Å²) in [5.74, 6) is 0. The molecule has 8 heteroatoms. The summed E-state index contributed by atoms with van der Waals surface area (Å²) in [5.41, 5.74) is 0. The first-order chi connectivity index (χ1) is 5.54. The average molecular weight is 218 g/mol. The molecule has 0 radical (unpaired) electrons. The van der Waals surface area contributed by atoms with Crippen molar-refractivity contribution in [1.29, 1.82) is 0 Å². The van der Waals surface area contributed by atoms with Gasteiger partial charge in [0.05, 0.1) is 0 Å². The largest absolute Gasteiger partial charge is 0.745 e. The van der Waals surface area contributed by atoms with Gasteiger partial charge in [0, 0.05) is 22.3 Å². The van der Waals surface area contributed by atoms with E-state index in [2.05, 4.69) is 4.31 Å². The number of hydrogen-bond acceptors (Lipinski definition) is 4. The molecule has 0 bridgehead atoms. The molecule has 0 aliphatic heterocycles. The fourth-order valence-electron chi connectivity index (χ4n) is 0.264. The van der Waals surface area contributed by atoms with Crippen LogP contribution in [0, 0.1) is 0 Å². The van der Waals surface area contributed by atoms with Crippen molar-refractivity contribution in [3.63, 3.8) is 0 Å². The normalized spacial score (nSPS) is 11.3. The molecule has 0 aromatic heterocycles. The lowest BCUT2D eigenvalue weighted by Gasteiger charge is -1.86. The monoisotopic (exact) mass is 218 g/mol. The summed E-state index contributed by atoms with van der Waals surface area (Å²) in [6, 6.07) is 0. The SMILES string of the molecule is CCOCC.O=[P+](O)O[P+](=O)O. The van der Waals surface area contributed by atoms with Crippen LogP contribution in [0.25, 0.3) is 0 Å². The Labute approximate surface area is 72.4 Å². The topological polar surface area (TPSA) is 93.1 Å². The maximum absolute atomic E-state index is 9.39. The number of rotatable bonds is 4. The molecular formula is C4H12O6P2+2. The minimum atomic E-state index is -2.92. The highest BCUT2D eigenvalue weighted by Crippen LogP contribution is 2.30. The summed E-state index contributed by atoms with van der Waals surface area (Å²) in [5, 5.41) is 0. The van der Waals surface area contributed by atoms with Crippen molar-refractivity contribution < 1.29 is 28.0 Å². The van der Waals surface area contributed by atoms with E-state index in [4.69, 9.17) is 14.5 Å². The van der Waals surface area contributed by atoms with E-state index >= 15 is 0 Å². The van der Waals surface area contributed by atoms with Crippen molar-refractivity contribution in [2.75, 3.05) is 13.2 Å². The maximum Gasteiger partial charge on any atom is 0.745 e. The van der Waals surface area contributed by atoms with E-state index in [0.29, 0.717) is 0 Å². The molecular weight excluding hydrogens is 206 g/mol. The third kappa shape index (κ3) is 22.5. The highest BCUT2D eigenvalue weighted by Gasteiger charge is 2.31. The summed E-state index contributed by atoms with van der Waals surface area (Å²) >= 11 is 0. The molecule has 6 nitrogen and oxygen atoms in total. The van der Waals surface area contributed by atoms with E-state index in [9.17, 15) is 9.13 Å². The molecule has 0 aromatic rings. The molecule has 0 rings (SSSR count). The Kier molecular flexibility index (Phi) is 13.4. The van der Waals surface area contributed by atoms with Gasteiger partial charge < -0.3 is 4.74 Å². The van der Waals surface area contributed by atoms with Gasteiger partial charge >= 0.3 is 16.5 Å². The molecule has 0 aliphatic rings. The van der Waals surface area contributed by atoms with E-state index in [1.165, 1.54) is 0 Å². The van der Waals surface area contributed by atoms with Gasteiger partial charge in [-0.05, 0) is 13.8 Å². The molecule has 0 amide bonds. The van der Waals surface area contributed by atoms with Gasteiger partial charge in [-0.1, -0.05) is 0 Å². The van der Waals surface area contributed by atoms with Crippen LogP contribution in [0.3, 0.4) is 0 Å². The zero-order valence-corrected chi connectivity index (χ0v) is 8.62. The first-order valence-corrected chi connectivity index (χ1v) is 5.38. The number of hydrogen-bond donors (Lipinski definition) is 2. The lowest BCUT2D eigenvalue weighted by atomic mass is 10.8. The minimum Gasteiger partial charge on any atom is -0.382 e. The Balaban J connectivity index is 0. The van der Waals surface area contributed by atoms with E-state index in [1.54, 1.807) is 0 Å². The summed E-state index contributed by atoms with van der Waals surface area (Å²) in [7, 11) is -5.85. The summed E-state index contributed by atoms with van der Waals surface area (Å²) in [4.78, 5) is 15.3. The van der Waals surface area contributed by atoms with Crippen molar-refractivity contribution in [2.24, 2.45) is 0 Å². The van der Waals surface area contributed by atoms with Crippen LogP contribution < -0.4 is 0 Å². The quantitative estimate of drug-likeness (QED) is 0.691. The van der Waals surface area contributed by atoms with Crippen molar-refractivity contribution >= 4 is 16.5 Å². The van der Waals surface area contributed by atoms with E-state index in [-0.39, 0.29) is 0 Å². The van der Waals surface area contributed by atoms with Gasteiger partial charge in [0.2, 0.25) is 0 Å². The van der Waals surface area contributed by atoms with Gasteiger partial charge in [0.15, 0.2) is 4.31 Å². The highest BCUT2D eigenvalue weighted by molar-refractivity contribution is 7.46. The lowest BCUT2D eigenvalue weighted by molar-refractivity contribution is 0.162. The molecule has 0 spiro atoms. The maximum atomic E-state index is 9.39. The third-order valence-corrected chi connectivity index (χ3v) is 1.67. The third-order valence-electron chi connectivity index (χ3n) is 0.548. The molecule has 2 unspecified atom stereocenters. The Morgan fingerprint density at radius 1 is 1.08 bits per heavy atom. The van der Waals surface area contributed by atoms with Gasteiger partial charge in [-0.3, -0.25) is 0 Å². The summed E-state index contributed by atoms with van der Waals surface area (Å²) < 4.78 is 27.0. The second-order valence-electron chi connectivity index (χ2n) is 1.34. The molecule has 0 aromatic carbocycles. The zero-order valence-electron chi connectivity index (χ0n) is 6.84. The van der Waals surface area contributed by atoms with E-state index in [1.807, 2.05) is 13.8 Å². The Morgan fingerprint density at radius 2 is 1.42 bits per heavy atom. The van der Waals surface area contributed by atoms with E-state index in [0.717, 1.165) is 13.2 Å². The Hall–Kier alpha value is 0.0400. The average Bonchev–Trinajstić information content (AvgIpc) is 1.87. The molecule has 0 aliphatic carbocycles. The molecule has 0 saturated carbocycles. The predicted molar refractivity (Wildman–Crippen MR) is 42.9 cm³/mol. The fraction of sp³-hybridized carbons (Fsp3) is 1.00. The summed E-state index contributed by atoms with van der Waals surface area (Å²) in [6.45, 7) is 5.67. The highest BCUT2D eigenvalue weighted by atomic mass is 31.2. The van der Waals surface area contributed by atoms with Gasteiger partial charge in [-0.15, -0.1) is 9.79 Å². The number of ether oxygens (including phenoxy) is 1. The van der Waals surface area contributed by atoms with Gasteiger partial charge in [-0.2, -0.15) is 0 Å². The second kappa shape index (κ2) is 11.0. The lowest BCUT2D eigenvalue weighted by Crippen LogP contribution is -1.84. The van der Waals surface area contributed by atoms with Crippen molar-refractivity contribution in [1.82, 2.24) is 0 Å². The van der Waals surface area contributed by atoms with Crippen LogP contribution in [0.1, 0.15) is 13.8 Å². The van der Waals surface area contributed by atoms with Crippen LogP contribution in [0.4, 0.5) is 0 Å². The minimum absolute atomic E-state index is 0.844. The van der Waals surface area contributed by atoms with E-state index < -0.39 is 16.5 Å². The molecule has 2 N–H and O–H groups in total. The second-order valence-corrected chi connectivity index (χ2v) is 2.94. The van der Waals surface area contributed by atoms with Crippen molar-refractivity contribution in [2.45, 2.75) is 13.8 Å². The van der Waals surface area contributed by atoms with Crippen molar-refractivity contribution in [3.05, 3.63) is 0 Å². The predicted octanol–water partition coefficient (Wildman–Crippen LogP) is 1.35. The van der Waals surface area contributed by atoms with Crippen LogP contribution in [-0.4, -0.2) is 23.0 Å². The molecule has 72 valence electrons. The molecule has 0 heterocycles. The zero-order chi connectivity index (χ0) is 9.98. The Bertz CT molecular complexity index is 124. The summed E-state index contributed by atoms with van der Waals surface area (Å²) in [6.07, 6.45) is 0. The van der Waals surface area contributed by atoms with Crippen LogP contribution in [0.15, 0.2) is 0 Å². The molecule has 0 fully saturated rings. The standard InChI is InChI=1S/C4H10O.O5P2/c1-3-5-4-2;1-6(2)5-7(3)4/h3-4H2,1-2H3;/p+2. The molecule has 0 saturated heterocycles. The molecule has 12 heavy (non-hydrogen) atoms. The van der Waals surface area contributed by atoms with Crippen LogP contribution >= 0.6 is 16.5 Å². The fourth-order valence-corrected chi connectivity index (χ4v) is 0.742. The van der Waals surface area contributed by atoms with Gasteiger partial charge in [0.25, 0.3) is 0 Å². The molecule has 2 atom stereocenters.